The second-order valence-electron chi connectivity index (χ2n) is 6.29. The Kier molecular flexibility index (Phi) is 5.58. The molecule has 3 heterocycles. The molecule has 0 unspecified atom stereocenters. The highest BCUT2D eigenvalue weighted by Crippen LogP contribution is 2.29. The molecule has 0 aliphatic rings. The van der Waals surface area contributed by atoms with Gasteiger partial charge in [0.25, 0.3) is 0 Å². The minimum atomic E-state index is 0.621. The number of nitrogens with one attached hydrogen (secondary N) is 2. The van der Waals surface area contributed by atoms with Crippen LogP contribution >= 0.6 is 0 Å². The molecule has 26 heavy (non-hydrogen) atoms. The molecular formula is C21H26N4O. The summed E-state index contributed by atoms with van der Waals surface area (Å²) in [7, 11) is 2.05. The van der Waals surface area contributed by atoms with Crippen molar-refractivity contribution in [1.82, 2.24) is 19.9 Å². The Morgan fingerprint density at radius 2 is 2.31 bits per heavy atom. The van der Waals surface area contributed by atoms with Gasteiger partial charge in [0.2, 0.25) is 0 Å². The molecule has 0 bridgehead atoms. The van der Waals surface area contributed by atoms with Crippen LogP contribution in [0.5, 0.6) is 0 Å². The zero-order valence-corrected chi connectivity index (χ0v) is 15.7. The Hall–Kier alpha value is -2.79. The molecule has 0 amide bonds. The van der Waals surface area contributed by atoms with Crippen molar-refractivity contribution in [3.05, 3.63) is 60.3 Å². The van der Waals surface area contributed by atoms with Crippen molar-refractivity contribution >= 4 is 17.1 Å². The van der Waals surface area contributed by atoms with E-state index in [0.717, 1.165) is 35.5 Å². The van der Waals surface area contributed by atoms with Crippen molar-refractivity contribution in [2.45, 2.75) is 13.8 Å². The van der Waals surface area contributed by atoms with Crippen molar-refractivity contribution in [2.24, 2.45) is 7.05 Å². The van der Waals surface area contributed by atoms with Gasteiger partial charge < -0.3 is 19.6 Å². The van der Waals surface area contributed by atoms with Gasteiger partial charge in [0, 0.05) is 48.3 Å². The number of aromatic nitrogens is 3. The molecule has 0 spiro atoms. The predicted molar refractivity (Wildman–Crippen MR) is 108 cm³/mol. The van der Waals surface area contributed by atoms with Crippen LogP contribution in [0.2, 0.25) is 0 Å². The molecule has 2 N–H and O–H groups in total. The first kappa shape index (κ1) is 18.0. The number of hydrogen-bond donors (Lipinski definition) is 2. The number of aryl methyl sites for hydroxylation is 1. The molecule has 0 radical (unpaired) electrons. The summed E-state index contributed by atoms with van der Waals surface area (Å²) in [6, 6.07) is 6.16. The van der Waals surface area contributed by atoms with Gasteiger partial charge >= 0.3 is 0 Å². The highest BCUT2D eigenvalue weighted by molar-refractivity contribution is 5.84. The fraction of sp³-hybridized carbons (Fsp3) is 0.286. The molecule has 0 saturated carbocycles. The van der Waals surface area contributed by atoms with Crippen LogP contribution in [0, 0.1) is 6.92 Å². The van der Waals surface area contributed by atoms with Crippen LogP contribution < -0.4 is 5.32 Å². The quantitative estimate of drug-likeness (QED) is 0.366. The van der Waals surface area contributed by atoms with Crippen molar-refractivity contribution in [3.63, 3.8) is 0 Å². The number of likely N-dealkylation sites (N-methyl/N-ethyl adjacent to an activating group) is 1. The molecule has 5 heteroatoms. The summed E-state index contributed by atoms with van der Waals surface area (Å²) in [6.45, 7) is 10.6. The third kappa shape index (κ3) is 3.89. The molecule has 0 fully saturated rings. The Balaban J connectivity index is 1.77. The van der Waals surface area contributed by atoms with Crippen LogP contribution in [0.4, 0.5) is 0 Å². The van der Waals surface area contributed by atoms with Gasteiger partial charge in [-0.1, -0.05) is 13.5 Å². The lowest BCUT2D eigenvalue weighted by molar-refractivity contribution is 0.227. The fourth-order valence-electron chi connectivity index (χ4n) is 3.03. The molecule has 5 nitrogen and oxygen atoms in total. The number of hydrogen-bond acceptors (Lipinski definition) is 3. The van der Waals surface area contributed by atoms with E-state index in [1.807, 2.05) is 19.2 Å². The van der Waals surface area contributed by atoms with E-state index in [9.17, 15) is 0 Å². The molecule has 0 atom stereocenters. The third-order valence-electron chi connectivity index (χ3n) is 4.42. The predicted octanol–water partition coefficient (Wildman–Crippen LogP) is 4.03. The lowest BCUT2D eigenvalue weighted by atomic mass is 10.1. The van der Waals surface area contributed by atoms with E-state index in [-0.39, 0.29) is 0 Å². The topological polar surface area (TPSA) is 54.9 Å². The number of allylic oxidation sites excluding steroid dienone is 1. The Morgan fingerprint density at radius 3 is 3.08 bits per heavy atom. The molecule has 3 aromatic heterocycles. The number of aromatic amines is 1. The SMILES string of the molecule is C=C(/C=C\c1c(C)c(-c2cc3cccnc3[nH]2)cn1C)OCCNCC. The second-order valence-corrected chi connectivity index (χ2v) is 6.29. The van der Waals surface area contributed by atoms with Gasteiger partial charge in [-0.05, 0) is 49.4 Å². The number of pyridine rings is 1. The maximum atomic E-state index is 5.61. The van der Waals surface area contributed by atoms with Crippen molar-refractivity contribution in [2.75, 3.05) is 19.7 Å². The van der Waals surface area contributed by atoms with Gasteiger partial charge in [0.1, 0.15) is 18.0 Å². The summed E-state index contributed by atoms with van der Waals surface area (Å²) in [6.07, 6.45) is 7.91. The molecule has 136 valence electrons. The third-order valence-corrected chi connectivity index (χ3v) is 4.42. The zero-order chi connectivity index (χ0) is 18.5. The lowest BCUT2D eigenvalue weighted by Gasteiger charge is -2.06. The summed E-state index contributed by atoms with van der Waals surface area (Å²) in [5, 5.41) is 4.34. The maximum Gasteiger partial charge on any atom is 0.137 e. The first-order chi connectivity index (χ1) is 12.6. The van der Waals surface area contributed by atoms with Crippen molar-refractivity contribution in [3.8, 4) is 11.3 Å². The van der Waals surface area contributed by atoms with E-state index < -0.39 is 0 Å². The van der Waals surface area contributed by atoms with Crippen LogP contribution in [0.25, 0.3) is 28.4 Å². The van der Waals surface area contributed by atoms with Gasteiger partial charge in [-0.15, -0.1) is 0 Å². The van der Waals surface area contributed by atoms with Crippen LogP contribution in [0.3, 0.4) is 0 Å². The van der Waals surface area contributed by atoms with Gasteiger partial charge in [0.15, 0.2) is 0 Å². The standard InChI is InChI=1S/C21H26N4O/c1-5-22-11-12-26-15(2)8-9-20-16(3)18(14-25(20)4)19-13-17-7-6-10-23-21(17)24-19/h6-10,13-14,22H,2,5,11-12H2,1,3-4H3,(H,23,24)/b9-8-. The van der Waals surface area contributed by atoms with E-state index in [1.165, 1.54) is 11.1 Å². The summed E-state index contributed by atoms with van der Waals surface area (Å²) >= 11 is 0. The largest absolute Gasteiger partial charge is 0.493 e. The molecule has 3 rings (SSSR count). The molecule has 0 aromatic carbocycles. The Bertz CT molecular complexity index is 900. The lowest BCUT2D eigenvalue weighted by Crippen LogP contribution is -2.18. The number of rotatable bonds is 8. The van der Waals surface area contributed by atoms with Crippen LogP contribution in [0.1, 0.15) is 18.2 Å². The van der Waals surface area contributed by atoms with Gasteiger partial charge in [-0.25, -0.2) is 4.98 Å². The average molecular weight is 350 g/mol. The summed E-state index contributed by atoms with van der Waals surface area (Å²) in [5.41, 5.74) is 5.49. The number of ether oxygens (including phenoxy) is 1. The highest BCUT2D eigenvalue weighted by Gasteiger charge is 2.12. The van der Waals surface area contributed by atoms with E-state index in [1.54, 1.807) is 6.20 Å². The van der Waals surface area contributed by atoms with Crippen molar-refractivity contribution in [1.29, 1.82) is 0 Å². The second kappa shape index (κ2) is 8.06. The minimum absolute atomic E-state index is 0.621. The monoisotopic (exact) mass is 350 g/mol. The number of nitrogens with zero attached hydrogens (tertiary/aromatic N) is 2. The summed E-state index contributed by atoms with van der Waals surface area (Å²) in [5.74, 6) is 0.667. The summed E-state index contributed by atoms with van der Waals surface area (Å²) in [4.78, 5) is 7.78. The van der Waals surface area contributed by atoms with Gasteiger partial charge in [-0.2, -0.15) is 0 Å². The fourth-order valence-corrected chi connectivity index (χ4v) is 3.03. The van der Waals surface area contributed by atoms with Crippen molar-refractivity contribution < 1.29 is 4.74 Å². The van der Waals surface area contributed by atoms with Crippen LogP contribution in [-0.4, -0.2) is 34.2 Å². The van der Waals surface area contributed by atoms with E-state index >= 15 is 0 Å². The van der Waals surface area contributed by atoms with Crippen LogP contribution in [0.15, 0.2) is 49.0 Å². The highest BCUT2D eigenvalue weighted by atomic mass is 16.5. The first-order valence-corrected chi connectivity index (χ1v) is 8.90. The normalized spacial score (nSPS) is 11.5. The summed E-state index contributed by atoms with van der Waals surface area (Å²) < 4.78 is 7.73. The van der Waals surface area contributed by atoms with Gasteiger partial charge in [0.05, 0.1) is 0 Å². The Labute approximate surface area is 154 Å². The average Bonchev–Trinajstić information content (AvgIpc) is 3.18. The van der Waals surface area contributed by atoms with Gasteiger partial charge in [-0.3, -0.25) is 0 Å². The molecule has 3 aromatic rings. The Morgan fingerprint density at radius 1 is 1.46 bits per heavy atom. The molecule has 0 aliphatic carbocycles. The zero-order valence-electron chi connectivity index (χ0n) is 15.7. The first-order valence-electron chi connectivity index (χ1n) is 8.90. The van der Waals surface area contributed by atoms with E-state index in [2.05, 4.69) is 64.7 Å². The number of fused-ring (bicyclic) bond motifs is 1. The molecular weight excluding hydrogens is 324 g/mol. The molecule has 0 saturated heterocycles. The van der Waals surface area contributed by atoms with E-state index in [4.69, 9.17) is 4.74 Å². The van der Waals surface area contributed by atoms with E-state index in [0.29, 0.717) is 12.4 Å². The maximum absolute atomic E-state index is 5.61. The minimum Gasteiger partial charge on any atom is -0.493 e. The van der Waals surface area contributed by atoms with Crippen LogP contribution in [-0.2, 0) is 11.8 Å². The smallest absolute Gasteiger partial charge is 0.137 e. The molecule has 0 aliphatic heterocycles. The number of H-pyrrole nitrogens is 1.